The second-order valence-electron chi connectivity index (χ2n) is 5.57. The largest absolute Gasteiger partial charge is 0.382 e. The van der Waals surface area contributed by atoms with Crippen LogP contribution in [-0.2, 0) is 9.84 Å². The molecule has 0 aliphatic carbocycles. The van der Waals surface area contributed by atoms with Crippen molar-refractivity contribution in [1.29, 1.82) is 0 Å². The van der Waals surface area contributed by atoms with Gasteiger partial charge >= 0.3 is 0 Å². The zero-order chi connectivity index (χ0) is 17.9. The molecule has 3 rings (SSSR count). The van der Waals surface area contributed by atoms with Gasteiger partial charge in [-0.15, -0.1) is 0 Å². The number of nitrogen functional groups attached to an aromatic ring is 1. The smallest absolute Gasteiger partial charge is 0.175 e. The summed E-state index contributed by atoms with van der Waals surface area (Å²) >= 11 is 0. The van der Waals surface area contributed by atoms with Crippen molar-refractivity contribution in [2.45, 2.75) is 4.90 Å². The highest BCUT2D eigenvalue weighted by Gasteiger charge is 2.09. The van der Waals surface area contributed by atoms with E-state index in [0.29, 0.717) is 17.2 Å². The fraction of sp³-hybridized carbons (Fsp3) is 0.0526. The van der Waals surface area contributed by atoms with E-state index in [2.05, 4.69) is 9.97 Å². The molecule has 3 aromatic rings. The van der Waals surface area contributed by atoms with Gasteiger partial charge in [-0.25, -0.2) is 18.4 Å². The average molecular weight is 355 g/mol. The van der Waals surface area contributed by atoms with Gasteiger partial charge in [-0.05, 0) is 23.8 Å². The number of sulfone groups is 1. The Hall–Kier alpha value is -2.99. The van der Waals surface area contributed by atoms with Crippen LogP contribution in [0.3, 0.4) is 0 Å². The number of anilines is 1. The second-order valence-corrected chi connectivity index (χ2v) is 7.58. The molecule has 0 saturated heterocycles. The molecule has 2 N–H and O–H groups in total. The maximum atomic E-state index is 11.5. The minimum Gasteiger partial charge on any atom is -0.382 e. The lowest BCUT2D eigenvalue weighted by Gasteiger charge is -2.05. The molecule has 0 atom stereocenters. The molecule has 25 heavy (non-hydrogen) atoms. The molecule has 0 unspecified atom stereocenters. The van der Waals surface area contributed by atoms with Crippen molar-refractivity contribution < 1.29 is 11.3 Å². The van der Waals surface area contributed by atoms with Gasteiger partial charge in [0.2, 0.25) is 0 Å². The van der Waals surface area contributed by atoms with Gasteiger partial charge in [-0.3, -0.25) is 0 Å². The Morgan fingerprint density at radius 2 is 1.68 bits per heavy atom. The van der Waals surface area contributed by atoms with E-state index in [4.69, 9.17) is 5.73 Å². The fourth-order valence-corrected chi connectivity index (χ4v) is 2.92. The van der Waals surface area contributed by atoms with Crippen molar-refractivity contribution in [3.05, 3.63) is 72.1 Å². The van der Waals surface area contributed by atoms with Crippen LogP contribution < -0.4 is 5.73 Å². The van der Waals surface area contributed by atoms with Crippen LogP contribution in [0.1, 0.15) is 14.1 Å². The summed E-state index contributed by atoms with van der Waals surface area (Å²) in [7, 11) is -3.22. The van der Waals surface area contributed by atoms with Crippen molar-refractivity contribution in [3.63, 3.8) is 0 Å². The van der Waals surface area contributed by atoms with Crippen LogP contribution in [-0.4, -0.2) is 24.6 Å². The maximum absolute atomic E-state index is 11.5. The molecule has 0 amide bonds. The molecular formula is C19H21N3O2S. The summed E-state index contributed by atoms with van der Waals surface area (Å²) in [4.78, 5) is 8.98. The van der Waals surface area contributed by atoms with Crippen molar-refractivity contribution >= 4 is 27.8 Å². The Morgan fingerprint density at radius 1 is 1.00 bits per heavy atom. The Kier molecular flexibility index (Phi) is 4.63. The molecule has 0 bridgehead atoms. The highest BCUT2D eigenvalue weighted by atomic mass is 32.2. The lowest BCUT2D eigenvalue weighted by Crippen LogP contribution is -1.99. The summed E-state index contributed by atoms with van der Waals surface area (Å²) in [5, 5.41) is 0. The Labute approximate surface area is 149 Å². The van der Waals surface area contributed by atoms with Gasteiger partial charge in [-0.1, -0.05) is 48.5 Å². The van der Waals surface area contributed by atoms with Crippen LogP contribution in [0.5, 0.6) is 0 Å². The number of rotatable bonds is 4. The minimum atomic E-state index is -3.22. The first-order valence-electron chi connectivity index (χ1n) is 7.59. The van der Waals surface area contributed by atoms with Crippen molar-refractivity contribution in [1.82, 2.24) is 9.97 Å². The summed E-state index contributed by atoms with van der Waals surface area (Å²) in [5.74, 6) is 0.337. The molecule has 5 nitrogen and oxygen atoms in total. The number of aromatic nitrogens is 2. The molecule has 0 aliphatic rings. The molecule has 130 valence electrons. The minimum absolute atomic E-state index is 0. The van der Waals surface area contributed by atoms with Crippen LogP contribution in [0.15, 0.2) is 65.7 Å². The summed E-state index contributed by atoms with van der Waals surface area (Å²) in [5.41, 5.74) is 8.91. The van der Waals surface area contributed by atoms with Gasteiger partial charge in [0.15, 0.2) is 9.84 Å². The van der Waals surface area contributed by atoms with Crippen LogP contribution in [0, 0.1) is 0 Å². The lowest BCUT2D eigenvalue weighted by atomic mass is 10.1. The SMILES string of the molecule is CS(=O)(=O)c1ccc(-c2cnc(N)c(/C=C/c3ccccc3)n2)cc1.[HH].[HH]. The van der Waals surface area contributed by atoms with Gasteiger partial charge in [0, 0.05) is 14.7 Å². The molecule has 0 radical (unpaired) electrons. The fourth-order valence-electron chi connectivity index (χ4n) is 2.29. The molecule has 2 aromatic carbocycles. The third kappa shape index (κ3) is 4.10. The molecule has 1 heterocycles. The number of nitrogens with zero attached hydrogens (tertiary/aromatic N) is 2. The lowest BCUT2D eigenvalue weighted by molar-refractivity contribution is 0.602. The third-order valence-electron chi connectivity index (χ3n) is 3.64. The molecular weight excluding hydrogens is 334 g/mol. The highest BCUT2D eigenvalue weighted by molar-refractivity contribution is 7.90. The van der Waals surface area contributed by atoms with Crippen LogP contribution >= 0.6 is 0 Å². The Bertz CT molecular complexity index is 1020. The van der Waals surface area contributed by atoms with Gasteiger partial charge in [0.05, 0.1) is 16.8 Å². The molecule has 0 spiro atoms. The monoisotopic (exact) mass is 355 g/mol. The first-order chi connectivity index (χ1) is 11.9. The van der Waals surface area contributed by atoms with Gasteiger partial charge in [-0.2, -0.15) is 0 Å². The summed E-state index contributed by atoms with van der Waals surface area (Å²) in [6.45, 7) is 0. The van der Waals surface area contributed by atoms with E-state index in [9.17, 15) is 8.42 Å². The quantitative estimate of drug-likeness (QED) is 0.769. The summed E-state index contributed by atoms with van der Waals surface area (Å²) in [6.07, 6.45) is 6.48. The molecule has 1 aromatic heterocycles. The Morgan fingerprint density at radius 3 is 2.32 bits per heavy atom. The molecule has 0 saturated carbocycles. The van der Waals surface area contributed by atoms with E-state index in [1.54, 1.807) is 30.5 Å². The highest BCUT2D eigenvalue weighted by Crippen LogP contribution is 2.21. The Balaban J connectivity index is 0.00000182. The van der Waals surface area contributed by atoms with Gasteiger partial charge in [0.1, 0.15) is 11.5 Å². The van der Waals surface area contributed by atoms with E-state index < -0.39 is 9.84 Å². The normalized spacial score (nSPS) is 11.7. The second kappa shape index (κ2) is 6.86. The van der Waals surface area contributed by atoms with Crippen molar-refractivity contribution in [2.24, 2.45) is 0 Å². The van der Waals surface area contributed by atoms with Crippen LogP contribution in [0.25, 0.3) is 23.4 Å². The third-order valence-corrected chi connectivity index (χ3v) is 4.77. The number of hydrogen-bond donors (Lipinski definition) is 1. The van der Waals surface area contributed by atoms with E-state index in [1.165, 1.54) is 6.26 Å². The predicted molar refractivity (Wildman–Crippen MR) is 105 cm³/mol. The van der Waals surface area contributed by atoms with Crippen molar-refractivity contribution in [2.75, 3.05) is 12.0 Å². The van der Waals surface area contributed by atoms with Crippen LogP contribution in [0.4, 0.5) is 5.82 Å². The predicted octanol–water partition coefficient (Wildman–Crippen LogP) is 3.79. The van der Waals surface area contributed by atoms with Crippen molar-refractivity contribution in [3.8, 4) is 11.3 Å². The van der Waals surface area contributed by atoms with E-state index in [-0.39, 0.29) is 7.75 Å². The van der Waals surface area contributed by atoms with E-state index >= 15 is 0 Å². The van der Waals surface area contributed by atoms with E-state index in [0.717, 1.165) is 11.1 Å². The number of benzene rings is 2. The maximum Gasteiger partial charge on any atom is 0.175 e. The first kappa shape index (κ1) is 16.9. The van der Waals surface area contributed by atoms with Gasteiger partial charge < -0.3 is 5.73 Å². The average Bonchev–Trinajstić information content (AvgIpc) is 2.61. The zero-order valence-corrected chi connectivity index (χ0v) is 14.4. The topological polar surface area (TPSA) is 85.9 Å². The van der Waals surface area contributed by atoms with Gasteiger partial charge in [0.25, 0.3) is 0 Å². The number of nitrogens with two attached hydrogens (primary N) is 1. The molecule has 0 fully saturated rings. The summed E-state index contributed by atoms with van der Waals surface area (Å²) < 4.78 is 23.1. The summed E-state index contributed by atoms with van der Waals surface area (Å²) in [6, 6.07) is 16.4. The van der Waals surface area contributed by atoms with Crippen LogP contribution in [0.2, 0.25) is 0 Å². The zero-order valence-electron chi connectivity index (χ0n) is 13.6. The molecule has 0 aliphatic heterocycles. The van der Waals surface area contributed by atoms with E-state index in [1.807, 2.05) is 42.5 Å². The number of hydrogen-bond acceptors (Lipinski definition) is 5. The molecule has 6 heteroatoms. The standard InChI is InChI=1S/C19H17N3O2S.2H2/c1-25(23,24)16-10-8-15(9-11-16)18-13-21-19(20)17(22-18)12-7-14-5-3-2-4-6-14;;/h2-13H,1H3,(H2,20,21);2*1H/b12-7+;;. The first-order valence-corrected chi connectivity index (χ1v) is 9.49.